The Balaban J connectivity index is 1.36. The van der Waals surface area contributed by atoms with Gasteiger partial charge in [0.15, 0.2) is 0 Å². The summed E-state index contributed by atoms with van der Waals surface area (Å²) in [5.74, 6) is 2.11. The van der Waals surface area contributed by atoms with Gasteiger partial charge in [0.25, 0.3) is 0 Å². The van der Waals surface area contributed by atoms with Crippen molar-refractivity contribution in [1.82, 2.24) is 4.90 Å². The highest BCUT2D eigenvalue weighted by Crippen LogP contribution is 2.47. The molecule has 6 heteroatoms. The molecular weight excluding hydrogens is 388 g/mol. The van der Waals surface area contributed by atoms with Crippen LogP contribution >= 0.6 is 11.6 Å². The Morgan fingerprint density at radius 2 is 1.93 bits per heavy atom. The Hall–Kier alpha value is -2.24. The minimum atomic E-state index is -0.0938. The molecule has 5 nitrogen and oxygen atoms in total. The fourth-order valence-electron chi connectivity index (χ4n) is 4.44. The number of nitrogens with zero attached hydrogens (tertiary/aromatic N) is 1. The van der Waals surface area contributed by atoms with E-state index < -0.39 is 0 Å². The Bertz CT molecular complexity index is 884. The maximum Gasteiger partial charge on any atom is 0.322 e. The van der Waals surface area contributed by atoms with E-state index in [1.807, 2.05) is 35.2 Å². The summed E-state index contributed by atoms with van der Waals surface area (Å²) in [4.78, 5) is 15.2. The Morgan fingerprint density at radius 3 is 2.72 bits per heavy atom. The van der Waals surface area contributed by atoms with Crippen molar-refractivity contribution in [2.75, 3.05) is 31.7 Å². The van der Waals surface area contributed by atoms with Crippen LogP contribution in [0.5, 0.6) is 5.75 Å². The number of benzene rings is 2. The third kappa shape index (κ3) is 3.94. The molecule has 2 heterocycles. The topological polar surface area (TPSA) is 50.8 Å². The maximum atomic E-state index is 13.2. The molecule has 2 aromatic rings. The second kappa shape index (κ2) is 7.88. The van der Waals surface area contributed by atoms with Crippen molar-refractivity contribution in [3.8, 4) is 5.75 Å². The highest BCUT2D eigenvalue weighted by Gasteiger charge is 2.48. The molecule has 3 atom stereocenters. The molecule has 2 amide bonds. The number of nitrogens with one attached hydrogen (secondary N) is 1. The predicted molar refractivity (Wildman–Crippen MR) is 112 cm³/mol. The van der Waals surface area contributed by atoms with Crippen molar-refractivity contribution >= 4 is 23.3 Å². The van der Waals surface area contributed by atoms with E-state index in [0.29, 0.717) is 24.8 Å². The van der Waals surface area contributed by atoms with E-state index in [0.717, 1.165) is 29.5 Å². The molecule has 0 radical (unpaired) electrons. The van der Waals surface area contributed by atoms with Gasteiger partial charge in [-0.2, -0.15) is 0 Å². The van der Waals surface area contributed by atoms with Crippen LogP contribution in [-0.2, 0) is 4.74 Å². The van der Waals surface area contributed by atoms with Crippen LogP contribution in [0.1, 0.15) is 24.4 Å². The zero-order valence-electron chi connectivity index (χ0n) is 16.2. The summed E-state index contributed by atoms with van der Waals surface area (Å²) in [6.45, 7) is 2.79. The number of para-hydroxylation sites is 1. The number of carbonyl (C=O) groups is 1. The van der Waals surface area contributed by atoms with Gasteiger partial charge in [0.1, 0.15) is 5.75 Å². The summed E-state index contributed by atoms with van der Waals surface area (Å²) in [5, 5.41) is 3.68. The molecule has 3 aliphatic rings. The average Bonchev–Trinajstić information content (AvgIpc) is 3.48. The van der Waals surface area contributed by atoms with E-state index in [1.54, 1.807) is 12.1 Å². The number of carbonyl (C=O) groups excluding carboxylic acids is 1. The summed E-state index contributed by atoms with van der Waals surface area (Å²) < 4.78 is 12.0. The predicted octanol–water partition coefficient (Wildman–Crippen LogP) is 4.98. The number of hydrogen-bond donors (Lipinski definition) is 1. The van der Waals surface area contributed by atoms with Crippen molar-refractivity contribution < 1.29 is 14.3 Å². The highest BCUT2D eigenvalue weighted by atomic mass is 35.5. The largest absolute Gasteiger partial charge is 0.493 e. The number of urea groups is 1. The lowest BCUT2D eigenvalue weighted by Gasteiger charge is -2.34. The first-order valence-electron chi connectivity index (χ1n) is 10.3. The second-order valence-electron chi connectivity index (χ2n) is 8.29. The number of amides is 2. The van der Waals surface area contributed by atoms with Crippen LogP contribution in [0.4, 0.5) is 10.5 Å². The molecule has 1 saturated heterocycles. The Kier molecular flexibility index (Phi) is 5.10. The third-order valence-corrected chi connectivity index (χ3v) is 6.44. The van der Waals surface area contributed by atoms with E-state index in [1.165, 1.54) is 12.8 Å². The molecule has 1 saturated carbocycles. The van der Waals surface area contributed by atoms with Gasteiger partial charge >= 0.3 is 6.03 Å². The molecule has 5 rings (SSSR count). The van der Waals surface area contributed by atoms with Crippen LogP contribution in [0.3, 0.4) is 0 Å². The zero-order chi connectivity index (χ0) is 19.8. The van der Waals surface area contributed by atoms with E-state index in [2.05, 4.69) is 11.4 Å². The number of halogens is 1. The van der Waals surface area contributed by atoms with E-state index in [-0.39, 0.29) is 23.9 Å². The molecule has 0 bridgehead atoms. The summed E-state index contributed by atoms with van der Waals surface area (Å²) in [6, 6.07) is 15.2. The van der Waals surface area contributed by atoms with Gasteiger partial charge < -0.3 is 19.7 Å². The number of rotatable bonds is 5. The summed E-state index contributed by atoms with van der Waals surface area (Å²) in [6.07, 6.45) is 2.56. The first-order chi connectivity index (χ1) is 14.2. The van der Waals surface area contributed by atoms with Crippen LogP contribution in [0.25, 0.3) is 0 Å². The third-order valence-electron chi connectivity index (χ3n) is 6.19. The van der Waals surface area contributed by atoms with Gasteiger partial charge in [0, 0.05) is 41.3 Å². The monoisotopic (exact) mass is 412 g/mol. The van der Waals surface area contributed by atoms with E-state index >= 15 is 0 Å². The van der Waals surface area contributed by atoms with Crippen LogP contribution in [0, 0.1) is 17.8 Å². The lowest BCUT2D eigenvalue weighted by atomic mass is 9.86. The molecule has 2 aromatic carbocycles. The first kappa shape index (κ1) is 18.8. The number of likely N-dealkylation sites (tertiary alicyclic amines) is 1. The lowest BCUT2D eigenvalue weighted by molar-refractivity contribution is 0.0644. The van der Waals surface area contributed by atoms with Gasteiger partial charge in [-0.05, 0) is 49.1 Å². The van der Waals surface area contributed by atoms with Crippen LogP contribution in [-0.4, -0.2) is 37.3 Å². The van der Waals surface area contributed by atoms with Crippen molar-refractivity contribution in [3.05, 3.63) is 59.1 Å². The molecule has 0 aromatic heterocycles. The summed E-state index contributed by atoms with van der Waals surface area (Å²) >= 11 is 5.97. The lowest BCUT2D eigenvalue weighted by Crippen LogP contribution is -2.38. The van der Waals surface area contributed by atoms with Crippen molar-refractivity contribution in [2.45, 2.75) is 18.9 Å². The summed E-state index contributed by atoms with van der Waals surface area (Å²) in [7, 11) is 0. The second-order valence-corrected chi connectivity index (χ2v) is 8.72. The van der Waals surface area contributed by atoms with Crippen molar-refractivity contribution in [3.63, 3.8) is 0 Å². The van der Waals surface area contributed by atoms with Crippen LogP contribution < -0.4 is 10.1 Å². The molecule has 1 aliphatic carbocycles. The minimum Gasteiger partial charge on any atom is -0.493 e. The van der Waals surface area contributed by atoms with E-state index in [9.17, 15) is 4.79 Å². The van der Waals surface area contributed by atoms with Gasteiger partial charge in [0.05, 0.1) is 19.3 Å². The number of hydrogen-bond acceptors (Lipinski definition) is 3. The highest BCUT2D eigenvalue weighted by molar-refractivity contribution is 6.30. The van der Waals surface area contributed by atoms with Crippen molar-refractivity contribution in [2.24, 2.45) is 17.8 Å². The summed E-state index contributed by atoms with van der Waals surface area (Å²) in [5.41, 5.74) is 1.82. The fourth-order valence-corrected chi connectivity index (χ4v) is 4.57. The average molecular weight is 413 g/mol. The minimum absolute atomic E-state index is 0.00164. The fraction of sp³-hybridized carbons (Fsp3) is 0.435. The normalized spacial score (nSPS) is 25.1. The van der Waals surface area contributed by atoms with Gasteiger partial charge in [-0.3, -0.25) is 0 Å². The molecule has 1 N–H and O–H groups in total. The van der Waals surface area contributed by atoms with Gasteiger partial charge in [-0.15, -0.1) is 0 Å². The molecule has 29 heavy (non-hydrogen) atoms. The molecule has 0 spiro atoms. The number of anilines is 1. The number of fused-ring (bicyclic) bond motifs is 3. The maximum absolute atomic E-state index is 13.2. The van der Waals surface area contributed by atoms with Crippen LogP contribution in [0.2, 0.25) is 5.02 Å². The van der Waals surface area contributed by atoms with Crippen molar-refractivity contribution in [1.29, 1.82) is 0 Å². The molecule has 0 unspecified atom stereocenters. The first-order valence-corrected chi connectivity index (χ1v) is 10.7. The number of ether oxygens (including phenoxy) is 2. The van der Waals surface area contributed by atoms with Gasteiger partial charge in [-0.1, -0.05) is 29.8 Å². The Labute approximate surface area is 175 Å². The molecule has 152 valence electrons. The SMILES string of the molecule is O=C(Nc1ccc(Cl)cc1)N1C[C@@H](COCC2CC2)[C@@H]2COc3ccccc3[C@@H]21. The van der Waals surface area contributed by atoms with Crippen LogP contribution in [0.15, 0.2) is 48.5 Å². The molecular formula is C23H25ClN2O3. The molecule has 2 aliphatic heterocycles. The standard InChI is InChI=1S/C23H25ClN2O3/c24-17-7-9-18(10-8-17)25-23(27)26-11-16(13-28-12-15-5-6-15)20-14-29-21-4-2-1-3-19(21)22(20)26/h1-4,7-10,15-16,20,22H,5-6,11-14H2,(H,25,27)/t16-,20-,22-/m0/s1. The van der Waals surface area contributed by atoms with Gasteiger partial charge in [0.2, 0.25) is 0 Å². The van der Waals surface area contributed by atoms with E-state index in [4.69, 9.17) is 21.1 Å². The molecule has 2 fully saturated rings. The van der Waals surface area contributed by atoms with Gasteiger partial charge in [-0.25, -0.2) is 4.79 Å². The smallest absolute Gasteiger partial charge is 0.322 e. The Morgan fingerprint density at radius 1 is 1.14 bits per heavy atom. The zero-order valence-corrected chi connectivity index (χ0v) is 17.0. The quantitative estimate of drug-likeness (QED) is 0.753.